The second-order valence-electron chi connectivity index (χ2n) is 4.25. The van der Waals surface area contributed by atoms with Crippen LogP contribution in [0.2, 0.25) is 0 Å². The normalized spacial score (nSPS) is 14.2. The van der Waals surface area contributed by atoms with Crippen LogP contribution >= 0.6 is 0 Å². The van der Waals surface area contributed by atoms with Crippen LogP contribution in [0.3, 0.4) is 0 Å². The van der Waals surface area contributed by atoms with Crippen molar-refractivity contribution in [3.63, 3.8) is 0 Å². The topological polar surface area (TPSA) is 58.9 Å². The van der Waals surface area contributed by atoms with E-state index in [1.165, 1.54) is 0 Å². The van der Waals surface area contributed by atoms with E-state index < -0.39 is 5.60 Å². The summed E-state index contributed by atoms with van der Waals surface area (Å²) < 4.78 is 10.7. The summed E-state index contributed by atoms with van der Waals surface area (Å²) in [7, 11) is 1.54. The molecule has 1 rings (SSSR count). The largest absolute Gasteiger partial charge is 0.493 e. The average molecular weight is 240 g/mol. The van der Waals surface area contributed by atoms with E-state index in [0.717, 1.165) is 0 Å². The van der Waals surface area contributed by atoms with Crippen molar-refractivity contribution in [2.75, 3.05) is 13.7 Å². The molecule has 0 aliphatic carbocycles. The maximum Gasteiger partial charge on any atom is 0.166 e. The molecule has 0 heterocycles. The number of ether oxygens (including phenoxy) is 2. The van der Waals surface area contributed by atoms with Crippen LogP contribution < -0.4 is 9.47 Å². The molecular formula is C13H20O4. The third-order valence-electron chi connectivity index (χ3n) is 2.74. The van der Waals surface area contributed by atoms with Gasteiger partial charge in [0.05, 0.1) is 19.3 Å². The number of para-hydroxylation sites is 1. The maximum absolute atomic E-state index is 9.88. The zero-order valence-electron chi connectivity index (χ0n) is 10.6. The first-order valence-corrected chi connectivity index (χ1v) is 5.66. The van der Waals surface area contributed by atoms with Crippen LogP contribution in [0, 0.1) is 0 Å². The van der Waals surface area contributed by atoms with Gasteiger partial charge in [-0.1, -0.05) is 19.1 Å². The fraction of sp³-hybridized carbons (Fsp3) is 0.538. The van der Waals surface area contributed by atoms with Crippen molar-refractivity contribution in [2.45, 2.75) is 32.5 Å². The molecule has 0 aromatic heterocycles. The monoisotopic (exact) mass is 240 g/mol. The molecule has 0 aliphatic heterocycles. The van der Waals surface area contributed by atoms with Gasteiger partial charge in [-0.3, -0.25) is 0 Å². The lowest BCUT2D eigenvalue weighted by atomic mass is 10.1. The zero-order chi connectivity index (χ0) is 12.9. The molecule has 0 saturated heterocycles. The van der Waals surface area contributed by atoms with E-state index in [1.54, 1.807) is 32.2 Å². The highest BCUT2D eigenvalue weighted by atomic mass is 16.5. The SMILES string of the molecule is CCC(C)(O)COc1c(CO)cccc1OC. The van der Waals surface area contributed by atoms with Gasteiger partial charge in [-0.25, -0.2) is 0 Å². The number of rotatable bonds is 6. The Kier molecular flexibility index (Phi) is 4.78. The van der Waals surface area contributed by atoms with Crippen molar-refractivity contribution in [3.8, 4) is 11.5 Å². The van der Waals surface area contributed by atoms with E-state index >= 15 is 0 Å². The van der Waals surface area contributed by atoms with Gasteiger partial charge in [-0.15, -0.1) is 0 Å². The van der Waals surface area contributed by atoms with Gasteiger partial charge in [0, 0.05) is 5.56 Å². The fourth-order valence-electron chi connectivity index (χ4n) is 1.34. The molecule has 1 aromatic rings. The molecule has 0 spiro atoms. The molecule has 17 heavy (non-hydrogen) atoms. The average Bonchev–Trinajstić information content (AvgIpc) is 2.35. The van der Waals surface area contributed by atoms with Crippen LogP contribution in [0.25, 0.3) is 0 Å². The summed E-state index contributed by atoms with van der Waals surface area (Å²) in [6.07, 6.45) is 0.594. The Balaban J connectivity index is 2.88. The van der Waals surface area contributed by atoms with Crippen molar-refractivity contribution in [1.29, 1.82) is 0 Å². The quantitative estimate of drug-likeness (QED) is 0.795. The minimum atomic E-state index is -0.881. The minimum Gasteiger partial charge on any atom is -0.493 e. The highest BCUT2D eigenvalue weighted by molar-refractivity contribution is 5.46. The third kappa shape index (κ3) is 3.61. The Hall–Kier alpha value is -1.26. The van der Waals surface area contributed by atoms with Crippen molar-refractivity contribution >= 4 is 0 Å². The Morgan fingerprint density at radius 3 is 2.59 bits per heavy atom. The molecule has 4 heteroatoms. The highest BCUT2D eigenvalue weighted by Crippen LogP contribution is 2.31. The Morgan fingerprint density at radius 1 is 1.35 bits per heavy atom. The first kappa shape index (κ1) is 13.8. The zero-order valence-corrected chi connectivity index (χ0v) is 10.6. The van der Waals surface area contributed by atoms with Crippen LogP contribution in [0.4, 0.5) is 0 Å². The molecule has 0 radical (unpaired) electrons. The third-order valence-corrected chi connectivity index (χ3v) is 2.74. The van der Waals surface area contributed by atoms with Gasteiger partial charge in [0.2, 0.25) is 0 Å². The number of hydrogen-bond acceptors (Lipinski definition) is 4. The number of aliphatic hydroxyl groups excluding tert-OH is 1. The number of benzene rings is 1. The van der Waals surface area contributed by atoms with Crippen LogP contribution in [0.5, 0.6) is 11.5 Å². The van der Waals surface area contributed by atoms with Crippen LogP contribution in [0.15, 0.2) is 18.2 Å². The predicted octanol–water partition coefficient (Wildman–Crippen LogP) is 1.73. The molecule has 0 bridgehead atoms. The second kappa shape index (κ2) is 5.89. The smallest absolute Gasteiger partial charge is 0.166 e. The van der Waals surface area contributed by atoms with E-state index in [4.69, 9.17) is 9.47 Å². The summed E-state index contributed by atoms with van der Waals surface area (Å²) in [4.78, 5) is 0. The van der Waals surface area contributed by atoms with Crippen molar-refractivity contribution in [1.82, 2.24) is 0 Å². The van der Waals surface area contributed by atoms with Gasteiger partial charge >= 0.3 is 0 Å². The summed E-state index contributed by atoms with van der Waals surface area (Å²) in [5.41, 5.74) is -0.232. The van der Waals surface area contributed by atoms with Crippen LogP contribution in [-0.4, -0.2) is 29.5 Å². The van der Waals surface area contributed by atoms with Gasteiger partial charge in [-0.2, -0.15) is 0 Å². The molecule has 1 aromatic carbocycles. The molecule has 2 N–H and O–H groups in total. The molecule has 0 fully saturated rings. The summed E-state index contributed by atoms with van der Waals surface area (Å²) in [5.74, 6) is 1.05. The molecule has 1 unspecified atom stereocenters. The first-order chi connectivity index (χ1) is 8.04. The summed E-state index contributed by atoms with van der Waals surface area (Å²) in [6, 6.07) is 5.31. The molecule has 0 amide bonds. The standard InChI is InChI=1S/C13H20O4/c1-4-13(2,15)9-17-12-10(8-14)6-5-7-11(12)16-3/h5-7,14-15H,4,8-9H2,1-3H3. The molecule has 0 aliphatic rings. The summed E-state index contributed by atoms with van der Waals surface area (Å²) in [5, 5.41) is 19.1. The summed E-state index contributed by atoms with van der Waals surface area (Å²) >= 11 is 0. The first-order valence-electron chi connectivity index (χ1n) is 5.66. The van der Waals surface area contributed by atoms with Gasteiger partial charge in [0.15, 0.2) is 11.5 Å². The van der Waals surface area contributed by atoms with E-state index in [1.807, 2.05) is 6.92 Å². The lowest BCUT2D eigenvalue weighted by Gasteiger charge is -2.23. The Bertz CT molecular complexity index is 338. The minimum absolute atomic E-state index is 0.124. The number of hydrogen-bond donors (Lipinski definition) is 2. The van der Waals surface area contributed by atoms with E-state index in [2.05, 4.69) is 0 Å². The summed E-state index contributed by atoms with van der Waals surface area (Å²) in [6.45, 7) is 3.64. The van der Waals surface area contributed by atoms with Crippen LogP contribution in [0.1, 0.15) is 25.8 Å². The lowest BCUT2D eigenvalue weighted by molar-refractivity contribution is 0.00709. The van der Waals surface area contributed by atoms with Gasteiger partial charge in [0.25, 0.3) is 0 Å². The Morgan fingerprint density at radius 2 is 2.06 bits per heavy atom. The van der Waals surface area contributed by atoms with E-state index in [-0.39, 0.29) is 13.2 Å². The highest BCUT2D eigenvalue weighted by Gasteiger charge is 2.20. The van der Waals surface area contributed by atoms with Crippen LogP contribution in [-0.2, 0) is 6.61 Å². The van der Waals surface area contributed by atoms with Crippen molar-refractivity contribution in [3.05, 3.63) is 23.8 Å². The molecule has 96 valence electrons. The van der Waals surface area contributed by atoms with E-state index in [0.29, 0.717) is 23.5 Å². The molecule has 4 nitrogen and oxygen atoms in total. The molecule has 1 atom stereocenters. The van der Waals surface area contributed by atoms with Gasteiger partial charge in [0.1, 0.15) is 6.61 Å². The molecular weight excluding hydrogens is 220 g/mol. The molecule has 0 saturated carbocycles. The lowest BCUT2D eigenvalue weighted by Crippen LogP contribution is -2.31. The van der Waals surface area contributed by atoms with E-state index in [9.17, 15) is 10.2 Å². The fourth-order valence-corrected chi connectivity index (χ4v) is 1.34. The maximum atomic E-state index is 9.88. The Labute approximate surface area is 102 Å². The predicted molar refractivity (Wildman–Crippen MR) is 65.3 cm³/mol. The number of aliphatic hydroxyl groups is 2. The second-order valence-corrected chi connectivity index (χ2v) is 4.25. The van der Waals surface area contributed by atoms with Crippen molar-refractivity contribution < 1.29 is 19.7 Å². The van der Waals surface area contributed by atoms with Gasteiger partial charge in [-0.05, 0) is 19.4 Å². The number of methoxy groups -OCH3 is 1. The van der Waals surface area contributed by atoms with Gasteiger partial charge < -0.3 is 19.7 Å². The van der Waals surface area contributed by atoms with Crippen molar-refractivity contribution in [2.24, 2.45) is 0 Å².